The summed E-state index contributed by atoms with van der Waals surface area (Å²) in [7, 11) is 0. The van der Waals surface area contributed by atoms with E-state index < -0.39 is 5.97 Å². The Hall–Kier alpha value is -1.99. The van der Waals surface area contributed by atoms with Crippen LogP contribution in [0.1, 0.15) is 24.2 Å². The maximum atomic E-state index is 13.6. The van der Waals surface area contributed by atoms with Gasteiger partial charge >= 0.3 is 5.97 Å². The molecular formula is C20H22FNO3S2. The predicted octanol–water partition coefficient (Wildman–Crippen LogP) is 4.39. The zero-order valence-electron chi connectivity index (χ0n) is 15.2. The van der Waals surface area contributed by atoms with Crippen LogP contribution < -0.4 is 5.32 Å². The molecule has 0 aliphatic carbocycles. The summed E-state index contributed by atoms with van der Waals surface area (Å²) in [5, 5.41) is 2.81. The molecule has 0 atom stereocenters. The first kappa shape index (κ1) is 21.3. The molecule has 0 saturated carbocycles. The van der Waals surface area contributed by atoms with Gasteiger partial charge in [0.2, 0.25) is 5.91 Å². The number of hydrogen-bond donors (Lipinski definition) is 1. The van der Waals surface area contributed by atoms with Crippen molar-refractivity contribution in [2.75, 3.05) is 18.1 Å². The lowest BCUT2D eigenvalue weighted by atomic mass is 10.2. The highest BCUT2D eigenvalue weighted by atomic mass is 32.2. The summed E-state index contributed by atoms with van der Waals surface area (Å²) < 4.78 is 18.9. The summed E-state index contributed by atoms with van der Waals surface area (Å²) in [5.41, 5.74) is 0.427. The monoisotopic (exact) mass is 407 g/mol. The van der Waals surface area contributed by atoms with Crippen LogP contribution >= 0.6 is 23.5 Å². The van der Waals surface area contributed by atoms with E-state index in [1.807, 2.05) is 19.9 Å². The van der Waals surface area contributed by atoms with Crippen LogP contribution in [0.25, 0.3) is 0 Å². The summed E-state index contributed by atoms with van der Waals surface area (Å²) in [5.74, 6) is -0.129. The molecular weight excluding hydrogens is 385 g/mol. The van der Waals surface area contributed by atoms with Gasteiger partial charge in [0, 0.05) is 21.6 Å². The molecule has 2 aromatic rings. The number of benzene rings is 2. The molecule has 144 valence electrons. The van der Waals surface area contributed by atoms with E-state index >= 15 is 0 Å². The number of carbonyl (C=O) groups is 2. The van der Waals surface area contributed by atoms with Gasteiger partial charge in [-0.25, -0.2) is 9.18 Å². The summed E-state index contributed by atoms with van der Waals surface area (Å²) >= 11 is 2.59. The van der Waals surface area contributed by atoms with Gasteiger partial charge < -0.3 is 10.1 Å². The number of amides is 1. The van der Waals surface area contributed by atoms with Crippen LogP contribution in [0.2, 0.25) is 0 Å². The number of ether oxygens (including phenoxy) is 1. The second-order valence-corrected chi connectivity index (χ2v) is 8.08. The fourth-order valence-electron chi connectivity index (χ4n) is 2.19. The minimum atomic E-state index is -0.448. The topological polar surface area (TPSA) is 55.4 Å². The predicted molar refractivity (Wildman–Crippen MR) is 108 cm³/mol. The van der Waals surface area contributed by atoms with Gasteiger partial charge in [-0.3, -0.25) is 4.79 Å². The first-order chi connectivity index (χ1) is 13.0. The normalized spacial score (nSPS) is 10.7. The van der Waals surface area contributed by atoms with Crippen molar-refractivity contribution in [1.29, 1.82) is 0 Å². The fourth-order valence-corrected chi connectivity index (χ4v) is 3.81. The molecule has 1 N–H and O–H groups in total. The Labute approximate surface area is 167 Å². The molecule has 1 amide bonds. The second-order valence-electron chi connectivity index (χ2n) is 5.92. The van der Waals surface area contributed by atoms with Gasteiger partial charge in [-0.1, -0.05) is 24.3 Å². The molecule has 27 heavy (non-hydrogen) atoms. The van der Waals surface area contributed by atoms with Gasteiger partial charge in [0.25, 0.3) is 0 Å². The number of thioether (sulfide) groups is 2. The maximum Gasteiger partial charge on any atom is 0.339 e. The highest BCUT2D eigenvalue weighted by molar-refractivity contribution is 8.00. The zero-order chi connectivity index (χ0) is 19.6. The molecule has 0 spiro atoms. The summed E-state index contributed by atoms with van der Waals surface area (Å²) in [4.78, 5) is 25.4. The number of esters is 1. The highest BCUT2D eigenvalue weighted by Crippen LogP contribution is 2.24. The summed E-state index contributed by atoms with van der Waals surface area (Å²) in [6, 6.07) is 13.6. The number of hydrogen-bond acceptors (Lipinski definition) is 5. The standard InChI is InChI=1S/C20H22FNO3S2/c1-14(2)22-19(23)13-27-17-9-5-3-7-15(17)20(24)25-11-12-26-18-10-6-4-8-16(18)21/h3-10,14H,11-13H2,1-2H3,(H,22,23). The molecule has 0 unspecified atom stereocenters. The molecule has 0 heterocycles. The van der Waals surface area contributed by atoms with Crippen molar-refractivity contribution < 1.29 is 18.7 Å². The molecule has 0 bridgehead atoms. The van der Waals surface area contributed by atoms with Crippen molar-refractivity contribution in [1.82, 2.24) is 5.32 Å². The summed E-state index contributed by atoms with van der Waals surface area (Å²) in [6.07, 6.45) is 0. The van der Waals surface area contributed by atoms with Crippen molar-refractivity contribution >= 4 is 35.4 Å². The van der Waals surface area contributed by atoms with Gasteiger partial charge in [-0.05, 0) is 38.1 Å². The van der Waals surface area contributed by atoms with Crippen LogP contribution in [0.5, 0.6) is 0 Å². The third-order valence-corrected chi connectivity index (χ3v) is 5.41. The third-order valence-electron chi connectivity index (χ3n) is 3.33. The molecule has 0 aliphatic heterocycles. The Kier molecular flexibility index (Phi) is 8.67. The van der Waals surface area contributed by atoms with Crippen molar-refractivity contribution in [2.24, 2.45) is 0 Å². The molecule has 0 aliphatic rings. The van der Waals surface area contributed by atoms with Gasteiger partial charge in [0.15, 0.2) is 0 Å². The van der Waals surface area contributed by atoms with Gasteiger partial charge in [-0.2, -0.15) is 0 Å². The number of rotatable bonds is 9. The molecule has 7 heteroatoms. The Bertz CT molecular complexity index is 783. The van der Waals surface area contributed by atoms with E-state index in [0.717, 1.165) is 0 Å². The molecule has 0 radical (unpaired) electrons. The molecule has 0 fully saturated rings. The maximum absolute atomic E-state index is 13.6. The average Bonchev–Trinajstić information content (AvgIpc) is 2.64. The minimum absolute atomic E-state index is 0.0743. The molecule has 4 nitrogen and oxygen atoms in total. The van der Waals surface area contributed by atoms with Crippen LogP contribution in [0.4, 0.5) is 4.39 Å². The number of carbonyl (C=O) groups excluding carboxylic acids is 2. The van der Waals surface area contributed by atoms with E-state index in [-0.39, 0.29) is 30.1 Å². The molecule has 2 aromatic carbocycles. The quantitative estimate of drug-likeness (QED) is 0.380. The Morgan fingerprint density at radius 2 is 1.70 bits per heavy atom. The lowest BCUT2D eigenvalue weighted by Crippen LogP contribution is -2.31. The molecule has 2 rings (SSSR count). The smallest absolute Gasteiger partial charge is 0.339 e. The van der Waals surface area contributed by atoms with Crippen LogP contribution in [-0.2, 0) is 9.53 Å². The van der Waals surface area contributed by atoms with Crippen molar-refractivity contribution in [3.05, 3.63) is 59.9 Å². The number of nitrogens with one attached hydrogen (secondary N) is 1. The van der Waals surface area contributed by atoms with Crippen molar-refractivity contribution in [3.8, 4) is 0 Å². The van der Waals surface area contributed by atoms with E-state index in [0.29, 0.717) is 21.1 Å². The Morgan fingerprint density at radius 3 is 2.41 bits per heavy atom. The van der Waals surface area contributed by atoms with E-state index in [9.17, 15) is 14.0 Å². The molecule has 0 aromatic heterocycles. The van der Waals surface area contributed by atoms with Crippen LogP contribution in [0.15, 0.2) is 58.3 Å². The first-order valence-electron chi connectivity index (χ1n) is 8.53. The van der Waals surface area contributed by atoms with Crippen LogP contribution in [-0.4, -0.2) is 36.0 Å². The van der Waals surface area contributed by atoms with E-state index in [2.05, 4.69) is 5.32 Å². The van der Waals surface area contributed by atoms with Gasteiger partial charge in [0.1, 0.15) is 12.4 Å². The van der Waals surface area contributed by atoms with Crippen molar-refractivity contribution in [2.45, 2.75) is 29.7 Å². The Morgan fingerprint density at radius 1 is 1.04 bits per heavy atom. The van der Waals surface area contributed by atoms with Crippen LogP contribution in [0, 0.1) is 5.82 Å². The minimum Gasteiger partial charge on any atom is -0.461 e. The zero-order valence-corrected chi connectivity index (χ0v) is 16.9. The molecule has 0 saturated heterocycles. The van der Waals surface area contributed by atoms with Gasteiger partial charge in [0.05, 0.1) is 11.3 Å². The van der Waals surface area contributed by atoms with Gasteiger partial charge in [-0.15, -0.1) is 23.5 Å². The lowest BCUT2D eigenvalue weighted by molar-refractivity contribution is -0.119. The second kappa shape index (κ2) is 11.0. The fraction of sp³-hybridized carbons (Fsp3) is 0.300. The van der Waals surface area contributed by atoms with E-state index in [4.69, 9.17) is 4.74 Å². The van der Waals surface area contributed by atoms with E-state index in [1.165, 1.54) is 29.6 Å². The largest absolute Gasteiger partial charge is 0.461 e. The lowest BCUT2D eigenvalue weighted by Gasteiger charge is -2.11. The first-order valence-corrected chi connectivity index (χ1v) is 10.5. The highest BCUT2D eigenvalue weighted by Gasteiger charge is 2.14. The van der Waals surface area contributed by atoms with Crippen molar-refractivity contribution in [3.63, 3.8) is 0 Å². The Balaban J connectivity index is 1.85. The van der Waals surface area contributed by atoms with E-state index in [1.54, 1.807) is 36.4 Å². The average molecular weight is 408 g/mol. The SMILES string of the molecule is CC(C)NC(=O)CSc1ccccc1C(=O)OCCSc1ccccc1F. The third kappa shape index (κ3) is 7.27. The van der Waals surface area contributed by atoms with Crippen LogP contribution in [0.3, 0.4) is 0 Å². The number of halogens is 1. The summed E-state index contributed by atoms with van der Waals surface area (Å²) in [6.45, 7) is 3.96.